The zero-order valence-electron chi connectivity index (χ0n) is 14.2. The first-order valence-corrected chi connectivity index (χ1v) is 8.68. The summed E-state index contributed by atoms with van der Waals surface area (Å²) in [6.07, 6.45) is 2.58. The minimum Gasteiger partial charge on any atom is -0.361 e. The minimum atomic E-state index is 0.252. The second kappa shape index (κ2) is 6.06. The summed E-state index contributed by atoms with van der Waals surface area (Å²) in [5.41, 5.74) is 3.19. The van der Waals surface area contributed by atoms with Gasteiger partial charge in [0.25, 0.3) is 0 Å². The maximum Gasteiger partial charge on any atom is 0.227 e. The molecule has 0 aliphatic carbocycles. The van der Waals surface area contributed by atoms with Crippen LogP contribution < -0.4 is 4.90 Å². The van der Waals surface area contributed by atoms with Crippen LogP contribution in [0.4, 0.5) is 5.69 Å². The number of likely N-dealkylation sites (tertiary alicyclic amines) is 1. The molecule has 0 N–H and O–H groups in total. The fraction of sp³-hybridized carbons (Fsp3) is 0.474. The van der Waals surface area contributed by atoms with E-state index in [1.165, 1.54) is 5.56 Å². The summed E-state index contributed by atoms with van der Waals surface area (Å²) in [6.45, 7) is 5.85. The van der Waals surface area contributed by atoms with E-state index < -0.39 is 0 Å². The van der Waals surface area contributed by atoms with Crippen molar-refractivity contribution in [3.63, 3.8) is 0 Å². The number of anilines is 1. The zero-order valence-corrected chi connectivity index (χ0v) is 14.2. The average molecular weight is 325 g/mol. The molecule has 2 aromatic rings. The molecule has 2 aliphatic rings. The molecule has 0 radical (unpaired) electrons. The fourth-order valence-electron chi connectivity index (χ4n) is 4.20. The number of amides is 1. The van der Waals surface area contributed by atoms with Gasteiger partial charge in [-0.3, -0.25) is 9.69 Å². The number of carbonyl (C=O) groups excluding carboxylic acids is 1. The number of hydrogen-bond acceptors (Lipinski definition) is 4. The van der Waals surface area contributed by atoms with Crippen molar-refractivity contribution >= 4 is 11.6 Å². The lowest BCUT2D eigenvalue weighted by Crippen LogP contribution is -2.52. The maximum absolute atomic E-state index is 12.6. The summed E-state index contributed by atoms with van der Waals surface area (Å²) in [5.74, 6) is 1.16. The lowest BCUT2D eigenvalue weighted by molar-refractivity contribution is -0.120. The molecule has 2 saturated heterocycles. The molecular weight excluding hydrogens is 302 g/mol. The summed E-state index contributed by atoms with van der Waals surface area (Å²) < 4.78 is 5.31. The van der Waals surface area contributed by atoms with Gasteiger partial charge in [0.1, 0.15) is 5.76 Å². The third-order valence-electron chi connectivity index (χ3n) is 5.46. The number of hydrogen-bond donors (Lipinski definition) is 0. The summed E-state index contributed by atoms with van der Waals surface area (Å²) >= 11 is 0. The Kier molecular flexibility index (Phi) is 3.88. The summed E-state index contributed by atoms with van der Waals surface area (Å²) in [5, 5.41) is 4.07. The smallest absolute Gasteiger partial charge is 0.227 e. The first-order chi connectivity index (χ1) is 11.6. The van der Waals surface area contributed by atoms with E-state index in [9.17, 15) is 4.79 Å². The number of para-hydroxylation sites is 1. The molecule has 0 unspecified atom stereocenters. The molecule has 0 saturated carbocycles. The van der Waals surface area contributed by atoms with Crippen molar-refractivity contribution < 1.29 is 9.32 Å². The zero-order chi connectivity index (χ0) is 16.7. The van der Waals surface area contributed by atoms with Crippen molar-refractivity contribution in [3.05, 3.63) is 47.3 Å². The van der Waals surface area contributed by atoms with Crippen LogP contribution in [0, 0.1) is 13.8 Å². The molecule has 1 aromatic heterocycles. The normalized spacial score (nSPS) is 24.4. The van der Waals surface area contributed by atoms with Gasteiger partial charge in [-0.05, 0) is 38.8 Å². The highest BCUT2D eigenvalue weighted by molar-refractivity contribution is 5.95. The highest BCUT2D eigenvalue weighted by Gasteiger charge is 2.43. The lowest BCUT2D eigenvalue weighted by Gasteiger charge is -2.39. The molecular formula is C19H23N3O2. The Morgan fingerprint density at radius 2 is 1.96 bits per heavy atom. The average Bonchev–Trinajstić information content (AvgIpc) is 3.14. The van der Waals surface area contributed by atoms with Crippen molar-refractivity contribution in [3.8, 4) is 0 Å². The van der Waals surface area contributed by atoms with E-state index in [2.05, 4.69) is 10.1 Å². The fourth-order valence-corrected chi connectivity index (χ4v) is 4.20. The summed E-state index contributed by atoms with van der Waals surface area (Å²) in [4.78, 5) is 17.1. The molecule has 0 bridgehead atoms. The summed E-state index contributed by atoms with van der Waals surface area (Å²) in [7, 11) is 0. The molecule has 2 fully saturated rings. The molecule has 0 spiro atoms. The predicted molar refractivity (Wildman–Crippen MR) is 91.7 cm³/mol. The molecule has 4 rings (SSSR count). The predicted octanol–water partition coefficient (Wildman–Crippen LogP) is 3.06. The summed E-state index contributed by atoms with van der Waals surface area (Å²) in [6, 6.07) is 10.8. The maximum atomic E-state index is 12.6. The van der Waals surface area contributed by atoms with Gasteiger partial charge in [-0.1, -0.05) is 23.4 Å². The van der Waals surface area contributed by atoms with Crippen molar-refractivity contribution in [2.24, 2.45) is 0 Å². The molecule has 1 aromatic carbocycles. The third kappa shape index (κ3) is 2.53. The topological polar surface area (TPSA) is 49.6 Å². The second-order valence-electron chi connectivity index (χ2n) is 6.83. The molecule has 126 valence electrons. The van der Waals surface area contributed by atoms with Crippen molar-refractivity contribution in [2.45, 2.75) is 51.7 Å². The molecule has 3 heterocycles. The van der Waals surface area contributed by atoms with Crippen LogP contribution in [0.3, 0.4) is 0 Å². The van der Waals surface area contributed by atoms with Crippen molar-refractivity contribution in [1.82, 2.24) is 10.1 Å². The molecule has 5 heteroatoms. The Balaban J connectivity index is 1.58. The van der Waals surface area contributed by atoms with Gasteiger partial charge in [-0.15, -0.1) is 0 Å². The van der Waals surface area contributed by atoms with Gasteiger partial charge < -0.3 is 9.42 Å². The van der Waals surface area contributed by atoms with Crippen LogP contribution in [-0.4, -0.2) is 34.6 Å². The van der Waals surface area contributed by atoms with E-state index in [0.717, 1.165) is 43.1 Å². The van der Waals surface area contributed by atoms with Crippen molar-refractivity contribution in [2.75, 3.05) is 11.4 Å². The van der Waals surface area contributed by atoms with Gasteiger partial charge >= 0.3 is 0 Å². The number of nitrogens with zero attached hydrogens (tertiary/aromatic N) is 3. The van der Waals surface area contributed by atoms with E-state index in [1.807, 2.05) is 49.1 Å². The largest absolute Gasteiger partial charge is 0.361 e. The first-order valence-electron chi connectivity index (χ1n) is 8.68. The Bertz CT molecular complexity index is 721. The standard InChI is InChI=1S/C19H23N3O2/c1-13-16(14(2)24-20-13)12-21-11-10-18-17(21)8-9-19(23)22(18)15-6-4-3-5-7-15/h3-7,17-18H,8-12H2,1-2H3/t17-,18-/m1/s1. The van der Waals surface area contributed by atoms with Crippen molar-refractivity contribution in [1.29, 1.82) is 0 Å². The number of rotatable bonds is 3. The molecule has 5 nitrogen and oxygen atoms in total. The van der Waals surface area contributed by atoms with Gasteiger partial charge in [0.05, 0.1) is 11.7 Å². The van der Waals surface area contributed by atoms with Crippen LogP contribution >= 0.6 is 0 Å². The van der Waals surface area contributed by atoms with Gasteiger partial charge in [0.2, 0.25) is 5.91 Å². The van der Waals surface area contributed by atoms with Gasteiger partial charge in [0, 0.05) is 36.8 Å². The monoisotopic (exact) mass is 325 g/mol. The van der Waals surface area contributed by atoms with Crippen LogP contribution in [0.5, 0.6) is 0 Å². The number of carbonyl (C=O) groups is 1. The van der Waals surface area contributed by atoms with Crippen LogP contribution in [0.1, 0.15) is 36.3 Å². The number of aromatic nitrogens is 1. The third-order valence-corrected chi connectivity index (χ3v) is 5.46. The minimum absolute atomic E-state index is 0.252. The Morgan fingerprint density at radius 3 is 2.67 bits per heavy atom. The quantitative estimate of drug-likeness (QED) is 0.870. The molecule has 1 amide bonds. The molecule has 24 heavy (non-hydrogen) atoms. The second-order valence-corrected chi connectivity index (χ2v) is 6.83. The SMILES string of the molecule is Cc1noc(C)c1CN1CC[C@@H]2[C@H]1CCC(=O)N2c1ccccc1. The van der Waals surface area contributed by atoms with E-state index in [0.29, 0.717) is 12.5 Å². The Hall–Kier alpha value is -2.14. The number of aryl methyl sites for hydroxylation is 2. The highest BCUT2D eigenvalue weighted by atomic mass is 16.5. The van der Waals surface area contributed by atoms with Gasteiger partial charge in [-0.2, -0.15) is 0 Å². The van der Waals surface area contributed by atoms with E-state index in [-0.39, 0.29) is 11.9 Å². The lowest BCUT2D eigenvalue weighted by atomic mass is 9.95. The van der Waals surface area contributed by atoms with Crippen LogP contribution in [0.15, 0.2) is 34.9 Å². The van der Waals surface area contributed by atoms with Crippen LogP contribution in [-0.2, 0) is 11.3 Å². The van der Waals surface area contributed by atoms with Gasteiger partial charge in [0.15, 0.2) is 0 Å². The Labute approximate surface area is 142 Å². The van der Waals surface area contributed by atoms with E-state index in [4.69, 9.17) is 4.52 Å². The van der Waals surface area contributed by atoms with Gasteiger partial charge in [-0.25, -0.2) is 0 Å². The Morgan fingerprint density at radius 1 is 1.17 bits per heavy atom. The number of piperidine rings is 1. The van der Waals surface area contributed by atoms with Crippen LogP contribution in [0.25, 0.3) is 0 Å². The first kappa shape index (κ1) is 15.4. The van der Waals surface area contributed by atoms with E-state index in [1.54, 1.807) is 0 Å². The number of benzene rings is 1. The highest BCUT2D eigenvalue weighted by Crippen LogP contribution is 2.35. The van der Waals surface area contributed by atoms with E-state index >= 15 is 0 Å². The molecule has 2 atom stereocenters. The molecule has 2 aliphatic heterocycles. The number of fused-ring (bicyclic) bond motifs is 1. The van der Waals surface area contributed by atoms with Crippen LogP contribution in [0.2, 0.25) is 0 Å².